The largest absolute Gasteiger partial charge is 0.501 e. The molecule has 0 aromatic carbocycles. The summed E-state index contributed by atoms with van der Waals surface area (Å²) in [5.41, 5.74) is 0.771. The van der Waals surface area contributed by atoms with Crippen LogP contribution in [-0.4, -0.2) is 19.7 Å². The molecule has 1 fully saturated rings. The van der Waals surface area contributed by atoms with Crippen LogP contribution in [0, 0.1) is 17.8 Å². The number of hydrogen-bond donors (Lipinski definition) is 0. The van der Waals surface area contributed by atoms with Crippen LogP contribution in [-0.2, 0) is 14.3 Å². The molecule has 2 bridgehead atoms. The Kier molecular flexibility index (Phi) is 3.63. The monoisotopic (exact) mass is 262 g/mol. The summed E-state index contributed by atoms with van der Waals surface area (Å²) in [6.07, 6.45) is 10.9. The summed E-state index contributed by atoms with van der Waals surface area (Å²) >= 11 is 0. The van der Waals surface area contributed by atoms with Gasteiger partial charge >= 0.3 is 5.97 Å². The van der Waals surface area contributed by atoms with Crippen LogP contribution in [0.2, 0.25) is 0 Å². The Bertz CT molecular complexity index is 422. The van der Waals surface area contributed by atoms with Gasteiger partial charge in [0, 0.05) is 6.42 Å². The van der Waals surface area contributed by atoms with E-state index in [1.807, 2.05) is 0 Å². The lowest BCUT2D eigenvalue weighted by atomic mass is 9.94. The molecule has 19 heavy (non-hydrogen) atoms. The van der Waals surface area contributed by atoms with Crippen LogP contribution in [0.15, 0.2) is 23.5 Å². The van der Waals surface area contributed by atoms with Gasteiger partial charge in [0.25, 0.3) is 0 Å². The predicted molar refractivity (Wildman–Crippen MR) is 72.3 cm³/mol. The van der Waals surface area contributed by atoms with Gasteiger partial charge in [0.2, 0.25) is 0 Å². The van der Waals surface area contributed by atoms with Gasteiger partial charge in [0.05, 0.1) is 19.3 Å². The summed E-state index contributed by atoms with van der Waals surface area (Å²) in [6, 6.07) is 0. The minimum atomic E-state index is -0.150. The van der Waals surface area contributed by atoms with Gasteiger partial charge in [-0.05, 0) is 49.9 Å². The first kappa shape index (κ1) is 12.8. The molecule has 0 heterocycles. The molecule has 1 saturated carbocycles. The lowest BCUT2D eigenvalue weighted by Crippen LogP contribution is -2.20. The van der Waals surface area contributed by atoms with Crippen LogP contribution >= 0.6 is 0 Å². The first-order chi connectivity index (χ1) is 9.28. The first-order valence-electron chi connectivity index (χ1n) is 7.39. The molecule has 0 saturated heterocycles. The second-order valence-corrected chi connectivity index (χ2v) is 5.95. The molecule has 3 heteroatoms. The Morgan fingerprint density at radius 1 is 1.26 bits per heavy atom. The number of allylic oxidation sites excluding steroid dienone is 3. The molecule has 0 aromatic rings. The molecule has 3 aliphatic rings. The standard InChI is InChI=1S/C16H22O3/c1-18-15-5-3-2-4-14(15)16(17)19-10-13-9-11-6-7-12(13)8-11/h6-7,11-13H,2-5,8-10H2,1H3. The summed E-state index contributed by atoms with van der Waals surface area (Å²) < 4.78 is 10.9. The van der Waals surface area contributed by atoms with E-state index in [2.05, 4.69) is 12.2 Å². The Hall–Kier alpha value is -1.25. The third-order valence-electron chi connectivity index (χ3n) is 4.75. The van der Waals surface area contributed by atoms with E-state index in [4.69, 9.17) is 9.47 Å². The topological polar surface area (TPSA) is 35.5 Å². The third kappa shape index (κ3) is 2.56. The summed E-state index contributed by atoms with van der Waals surface area (Å²) in [6.45, 7) is 0.574. The van der Waals surface area contributed by atoms with Gasteiger partial charge in [-0.3, -0.25) is 0 Å². The lowest BCUT2D eigenvalue weighted by molar-refractivity contribution is -0.141. The number of ether oxygens (including phenoxy) is 2. The smallest absolute Gasteiger partial charge is 0.337 e. The fourth-order valence-corrected chi connectivity index (χ4v) is 3.67. The van der Waals surface area contributed by atoms with Crippen LogP contribution in [0.5, 0.6) is 0 Å². The van der Waals surface area contributed by atoms with Crippen LogP contribution in [0.4, 0.5) is 0 Å². The van der Waals surface area contributed by atoms with Gasteiger partial charge in [-0.25, -0.2) is 4.79 Å². The van der Waals surface area contributed by atoms with Crippen molar-refractivity contribution in [3.8, 4) is 0 Å². The molecule has 3 unspecified atom stereocenters. The van der Waals surface area contributed by atoms with Gasteiger partial charge in [-0.2, -0.15) is 0 Å². The number of fused-ring (bicyclic) bond motifs is 2. The van der Waals surface area contributed by atoms with E-state index in [1.165, 1.54) is 12.8 Å². The van der Waals surface area contributed by atoms with Crippen LogP contribution in [0.3, 0.4) is 0 Å². The highest BCUT2D eigenvalue weighted by atomic mass is 16.5. The molecular weight excluding hydrogens is 240 g/mol. The number of carbonyl (C=O) groups excluding carboxylic acids is 1. The molecule has 0 N–H and O–H groups in total. The number of methoxy groups -OCH3 is 1. The van der Waals surface area contributed by atoms with E-state index < -0.39 is 0 Å². The predicted octanol–water partition coefficient (Wildman–Crippen LogP) is 3.22. The van der Waals surface area contributed by atoms with Crippen molar-refractivity contribution in [2.24, 2.45) is 17.8 Å². The molecule has 3 nitrogen and oxygen atoms in total. The molecule has 0 aliphatic heterocycles. The van der Waals surface area contributed by atoms with Crippen LogP contribution in [0.1, 0.15) is 38.5 Å². The number of carbonyl (C=O) groups is 1. The second-order valence-electron chi connectivity index (χ2n) is 5.95. The molecule has 0 amide bonds. The minimum Gasteiger partial charge on any atom is -0.501 e. The zero-order valence-corrected chi connectivity index (χ0v) is 11.6. The zero-order valence-electron chi connectivity index (χ0n) is 11.6. The molecule has 0 spiro atoms. The van der Waals surface area contributed by atoms with E-state index >= 15 is 0 Å². The van der Waals surface area contributed by atoms with E-state index in [1.54, 1.807) is 7.11 Å². The normalized spacial score (nSPS) is 32.8. The van der Waals surface area contributed by atoms with E-state index in [0.717, 1.165) is 42.9 Å². The molecule has 3 aliphatic carbocycles. The highest BCUT2D eigenvalue weighted by Crippen LogP contribution is 2.43. The third-order valence-corrected chi connectivity index (χ3v) is 4.75. The fourth-order valence-electron chi connectivity index (χ4n) is 3.67. The summed E-state index contributed by atoms with van der Waals surface area (Å²) in [4.78, 5) is 12.2. The van der Waals surface area contributed by atoms with Gasteiger partial charge < -0.3 is 9.47 Å². The molecule has 3 rings (SSSR count). The Morgan fingerprint density at radius 2 is 2.11 bits per heavy atom. The van der Waals surface area contributed by atoms with Crippen LogP contribution in [0.25, 0.3) is 0 Å². The average Bonchev–Trinajstić information content (AvgIpc) is 3.07. The minimum absolute atomic E-state index is 0.150. The van der Waals surface area contributed by atoms with Gasteiger partial charge in [0.1, 0.15) is 5.76 Å². The van der Waals surface area contributed by atoms with Gasteiger partial charge in [-0.15, -0.1) is 0 Å². The highest BCUT2D eigenvalue weighted by molar-refractivity contribution is 5.89. The van der Waals surface area contributed by atoms with Crippen molar-refractivity contribution in [1.82, 2.24) is 0 Å². The average molecular weight is 262 g/mol. The van der Waals surface area contributed by atoms with Crippen molar-refractivity contribution in [3.05, 3.63) is 23.5 Å². The summed E-state index contributed by atoms with van der Waals surface area (Å²) in [5.74, 6) is 2.60. The highest BCUT2D eigenvalue weighted by Gasteiger charge is 2.36. The van der Waals surface area contributed by atoms with E-state index in [0.29, 0.717) is 18.4 Å². The van der Waals surface area contributed by atoms with Crippen molar-refractivity contribution in [2.75, 3.05) is 13.7 Å². The summed E-state index contributed by atoms with van der Waals surface area (Å²) in [5, 5.41) is 0. The van der Waals surface area contributed by atoms with Crippen molar-refractivity contribution in [3.63, 3.8) is 0 Å². The maximum atomic E-state index is 12.2. The lowest BCUT2D eigenvalue weighted by Gasteiger charge is -2.21. The van der Waals surface area contributed by atoms with Gasteiger partial charge in [-0.1, -0.05) is 12.2 Å². The first-order valence-corrected chi connectivity index (χ1v) is 7.39. The zero-order chi connectivity index (χ0) is 13.2. The Morgan fingerprint density at radius 3 is 2.79 bits per heavy atom. The van der Waals surface area contributed by atoms with E-state index in [9.17, 15) is 4.79 Å². The maximum Gasteiger partial charge on any atom is 0.337 e. The van der Waals surface area contributed by atoms with Crippen LogP contribution < -0.4 is 0 Å². The molecule has 0 aromatic heterocycles. The number of esters is 1. The quantitative estimate of drug-likeness (QED) is 0.576. The van der Waals surface area contributed by atoms with Crippen molar-refractivity contribution >= 4 is 5.97 Å². The fraction of sp³-hybridized carbons (Fsp3) is 0.688. The molecule has 0 radical (unpaired) electrons. The van der Waals surface area contributed by atoms with Gasteiger partial charge in [0.15, 0.2) is 0 Å². The van der Waals surface area contributed by atoms with Crippen molar-refractivity contribution in [1.29, 1.82) is 0 Å². The summed E-state index contributed by atoms with van der Waals surface area (Å²) in [7, 11) is 1.65. The SMILES string of the molecule is COC1=C(C(=O)OCC2CC3C=CC2C3)CCCC1. The Labute approximate surface area is 114 Å². The van der Waals surface area contributed by atoms with Crippen molar-refractivity contribution < 1.29 is 14.3 Å². The van der Waals surface area contributed by atoms with E-state index in [-0.39, 0.29) is 5.97 Å². The molecular formula is C16H22O3. The second kappa shape index (κ2) is 5.40. The maximum absolute atomic E-state index is 12.2. The number of hydrogen-bond acceptors (Lipinski definition) is 3. The molecule has 3 atom stereocenters. The van der Waals surface area contributed by atoms with Crippen molar-refractivity contribution in [2.45, 2.75) is 38.5 Å². The number of rotatable bonds is 4. The molecule has 104 valence electrons. The Balaban J connectivity index is 1.56.